The zero-order chi connectivity index (χ0) is 19.2. The maximum absolute atomic E-state index is 12.8. The van der Waals surface area contributed by atoms with Gasteiger partial charge in [-0.05, 0) is 56.2 Å². The van der Waals surface area contributed by atoms with Crippen molar-refractivity contribution in [2.75, 3.05) is 23.3 Å². The van der Waals surface area contributed by atoms with E-state index in [0.29, 0.717) is 23.7 Å². The van der Waals surface area contributed by atoms with Crippen molar-refractivity contribution in [3.05, 3.63) is 23.8 Å². The van der Waals surface area contributed by atoms with E-state index in [4.69, 9.17) is 0 Å². The van der Waals surface area contributed by atoms with Gasteiger partial charge in [0.2, 0.25) is 5.91 Å². The molecule has 148 valence electrons. The van der Waals surface area contributed by atoms with Crippen LogP contribution in [0.4, 0.5) is 11.4 Å². The highest BCUT2D eigenvalue weighted by Gasteiger charge is 2.27. The van der Waals surface area contributed by atoms with Crippen LogP contribution in [0.3, 0.4) is 0 Å². The van der Waals surface area contributed by atoms with Crippen molar-refractivity contribution in [2.45, 2.75) is 71.3 Å². The van der Waals surface area contributed by atoms with Gasteiger partial charge < -0.3 is 15.5 Å². The number of hydrogen-bond donors (Lipinski definition) is 2. The van der Waals surface area contributed by atoms with Gasteiger partial charge in [-0.2, -0.15) is 0 Å². The lowest BCUT2D eigenvalue weighted by atomic mass is 9.97. The highest BCUT2D eigenvalue weighted by molar-refractivity contribution is 6.02. The Labute approximate surface area is 162 Å². The molecule has 0 radical (unpaired) electrons. The van der Waals surface area contributed by atoms with Crippen molar-refractivity contribution in [1.29, 1.82) is 0 Å². The Morgan fingerprint density at radius 1 is 1.11 bits per heavy atom. The standard InChI is InChI=1S/C22H33N3O2/c1-3-4-5-6-21(26)23-18-9-10-20(25-13-11-16(2)12-14-25)19(15-18)22(27)24-17-7-8-17/h9-10,15-17H,3-8,11-14H2,1-2H3,(H,23,26)(H,24,27). The summed E-state index contributed by atoms with van der Waals surface area (Å²) in [5.41, 5.74) is 2.39. The fourth-order valence-electron chi connectivity index (χ4n) is 3.57. The first-order chi connectivity index (χ1) is 13.1. The summed E-state index contributed by atoms with van der Waals surface area (Å²) in [7, 11) is 0. The molecule has 1 aliphatic carbocycles. The van der Waals surface area contributed by atoms with E-state index in [-0.39, 0.29) is 11.8 Å². The van der Waals surface area contributed by atoms with Crippen molar-refractivity contribution in [3.63, 3.8) is 0 Å². The lowest BCUT2D eigenvalue weighted by Gasteiger charge is -2.33. The van der Waals surface area contributed by atoms with Gasteiger partial charge in [-0.1, -0.05) is 26.7 Å². The maximum Gasteiger partial charge on any atom is 0.253 e. The van der Waals surface area contributed by atoms with E-state index in [2.05, 4.69) is 29.4 Å². The number of benzene rings is 1. The minimum absolute atomic E-state index is 0.0202. The first-order valence-electron chi connectivity index (χ1n) is 10.6. The van der Waals surface area contributed by atoms with E-state index in [1.807, 2.05) is 18.2 Å². The third kappa shape index (κ3) is 5.72. The molecule has 0 spiro atoms. The molecule has 27 heavy (non-hydrogen) atoms. The van der Waals surface area contributed by atoms with Gasteiger partial charge in [0.15, 0.2) is 0 Å². The Kier molecular flexibility index (Phi) is 6.75. The van der Waals surface area contributed by atoms with Crippen molar-refractivity contribution in [2.24, 2.45) is 5.92 Å². The summed E-state index contributed by atoms with van der Waals surface area (Å²) in [6.07, 6.45) is 8.03. The van der Waals surface area contributed by atoms with Crippen molar-refractivity contribution in [1.82, 2.24) is 5.32 Å². The second-order valence-corrected chi connectivity index (χ2v) is 8.15. The molecule has 1 saturated carbocycles. The van der Waals surface area contributed by atoms with Crippen LogP contribution in [0, 0.1) is 5.92 Å². The molecule has 1 saturated heterocycles. The van der Waals surface area contributed by atoms with Crippen molar-refractivity contribution < 1.29 is 9.59 Å². The molecule has 5 heteroatoms. The summed E-state index contributed by atoms with van der Waals surface area (Å²) in [6, 6.07) is 6.10. The predicted molar refractivity (Wildman–Crippen MR) is 110 cm³/mol. The SMILES string of the molecule is CCCCCC(=O)Nc1ccc(N2CCC(C)CC2)c(C(=O)NC2CC2)c1. The van der Waals surface area contributed by atoms with E-state index in [9.17, 15) is 9.59 Å². The van der Waals surface area contributed by atoms with Gasteiger partial charge in [0.25, 0.3) is 5.91 Å². The fraction of sp³-hybridized carbons (Fsp3) is 0.636. The number of unbranched alkanes of at least 4 members (excludes halogenated alkanes) is 2. The van der Waals surface area contributed by atoms with Crippen LogP contribution in [0.25, 0.3) is 0 Å². The average Bonchev–Trinajstić information content (AvgIpc) is 3.47. The topological polar surface area (TPSA) is 61.4 Å². The molecule has 1 heterocycles. The van der Waals surface area contributed by atoms with Crippen molar-refractivity contribution in [3.8, 4) is 0 Å². The monoisotopic (exact) mass is 371 g/mol. The Bertz CT molecular complexity index is 662. The highest BCUT2D eigenvalue weighted by Crippen LogP contribution is 2.30. The smallest absolute Gasteiger partial charge is 0.253 e. The molecular weight excluding hydrogens is 338 g/mol. The molecule has 3 rings (SSSR count). The molecule has 2 amide bonds. The molecular formula is C22H33N3O2. The Morgan fingerprint density at radius 3 is 2.52 bits per heavy atom. The fourth-order valence-corrected chi connectivity index (χ4v) is 3.57. The number of rotatable bonds is 8. The normalized spacial score (nSPS) is 17.6. The molecule has 1 aromatic carbocycles. The van der Waals surface area contributed by atoms with E-state index >= 15 is 0 Å². The highest BCUT2D eigenvalue weighted by atomic mass is 16.2. The summed E-state index contributed by atoms with van der Waals surface area (Å²) in [4.78, 5) is 27.3. The molecule has 0 unspecified atom stereocenters. The van der Waals surface area contributed by atoms with Crippen LogP contribution in [0.1, 0.15) is 75.6 Å². The molecule has 2 fully saturated rings. The third-order valence-electron chi connectivity index (χ3n) is 5.57. The molecule has 0 bridgehead atoms. The van der Waals surface area contributed by atoms with E-state index in [1.165, 1.54) is 0 Å². The first kappa shape index (κ1) is 19.7. The second-order valence-electron chi connectivity index (χ2n) is 8.15. The Balaban J connectivity index is 1.74. The van der Waals surface area contributed by atoms with Crippen LogP contribution in [0.5, 0.6) is 0 Å². The van der Waals surface area contributed by atoms with Gasteiger partial charge in [-0.25, -0.2) is 0 Å². The minimum atomic E-state index is -0.0202. The third-order valence-corrected chi connectivity index (χ3v) is 5.57. The van der Waals surface area contributed by atoms with Crippen molar-refractivity contribution >= 4 is 23.2 Å². The molecule has 1 aliphatic heterocycles. The van der Waals surface area contributed by atoms with Crippen LogP contribution >= 0.6 is 0 Å². The number of carbonyl (C=O) groups excluding carboxylic acids is 2. The van der Waals surface area contributed by atoms with Crippen LogP contribution in [-0.4, -0.2) is 30.9 Å². The zero-order valence-corrected chi connectivity index (χ0v) is 16.7. The predicted octanol–water partition coefficient (Wildman–Crippen LogP) is 4.33. The number of hydrogen-bond acceptors (Lipinski definition) is 3. The lowest BCUT2D eigenvalue weighted by molar-refractivity contribution is -0.116. The van der Waals surface area contributed by atoms with Gasteiger partial charge in [-0.15, -0.1) is 0 Å². The molecule has 5 nitrogen and oxygen atoms in total. The lowest BCUT2D eigenvalue weighted by Crippen LogP contribution is -2.35. The van der Waals surface area contributed by atoms with Gasteiger partial charge in [-0.3, -0.25) is 9.59 Å². The van der Waals surface area contributed by atoms with Crippen LogP contribution in [0.2, 0.25) is 0 Å². The van der Waals surface area contributed by atoms with Gasteiger partial charge in [0, 0.05) is 36.9 Å². The van der Waals surface area contributed by atoms with E-state index < -0.39 is 0 Å². The summed E-state index contributed by atoms with van der Waals surface area (Å²) < 4.78 is 0. The molecule has 2 aliphatic rings. The van der Waals surface area contributed by atoms with Crippen LogP contribution in [-0.2, 0) is 4.79 Å². The number of piperidine rings is 1. The number of carbonyl (C=O) groups is 2. The summed E-state index contributed by atoms with van der Waals surface area (Å²) in [5.74, 6) is 0.747. The minimum Gasteiger partial charge on any atom is -0.371 e. The average molecular weight is 372 g/mol. The number of nitrogens with one attached hydrogen (secondary N) is 2. The van der Waals surface area contributed by atoms with E-state index in [0.717, 1.165) is 69.6 Å². The number of anilines is 2. The van der Waals surface area contributed by atoms with Gasteiger partial charge >= 0.3 is 0 Å². The summed E-state index contributed by atoms with van der Waals surface area (Å²) >= 11 is 0. The van der Waals surface area contributed by atoms with Gasteiger partial charge in [0.1, 0.15) is 0 Å². The largest absolute Gasteiger partial charge is 0.371 e. The second kappa shape index (κ2) is 9.25. The quantitative estimate of drug-likeness (QED) is 0.669. The van der Waals surface area contributed by atoms with E-state index in [1.54, 1.807) is 0 Å². The number of nitrogens with zero attached hydrogens (tertiary/aromatic N) is 1. The number of amides is 2. The molecule has 0 aromatic heterocycles. The molecule has 1 aromatic rings. The van der Waals surface area contributed by atoms with Crippen LogP contribution < -0.4 is 15.5 Å². The maximum atomic E-state index is 12.8. The molecule has 0 atom stereocenters. The summed E-state index contributed by atoms with van der Waals surface area (Å²) in [5, 5.41) is 6.07. The molecule has 2 N–H and O–H groups in total. The Hall–Kier alpha value is -2.04. The van der Waals surface area contributed by atoms with Gasteiger partial charge in [0.05, 0.1) is 5.56 Å². The van der Waals surface area contributed by atoms with Crippen LogP contribution in [0.15, 0.2) is 18.2 Å². The first-order valence-corrected chi connectivity index (χ1v) is 10.6. The Morgan fingerprint density at radius 2 is 1.85 bits per heavy atom. The zero-order valence-electron chi connectivity index (χ0n) is 16.7. The summed E-state index contributed by atoms with van der Waals surface area (Å²) in [6.45, 7) is 6.37.